The number of carbonyl (C=O) groups excluding carboxylic acids is 1. The predicted molar refractivity (Wildman–Crippen MR) is 87.9 cm³/mol. The van der Waals surface area contributed by atoms with Gasteiger partial charge in [0.15, 0.2) is 6.29 Å². The van der Waals surface area contributed by atoms with Crippen LogP contribution in [-0.4, -0.2) is 29.9 Å². The third-order valence-corrected chi connectivity index (χ3v) is 5.57. The van der Waals surface area contributed by atoms with Gasteiger partial charge in [-0.3, -0.25) is 4.79 Å². The average molecular weight is 321 g/mol. The molecule has 4 nitrogen and oxygen atoms in total. The number of hydrogen-bond acceptors (Lipinski definition) is 3. The summed E-state index contributed by atoms with van der Waals surface area (Å²) in [5, 5.41) is 1.57. The number of nitrogens with zero attached hydrogens (tertiary/aromatic N) is 1. The molecule has 3 aliphatic rings. The number of fused-ring (bicyclic) bond motifs is 2. The van der Waals surface area contributed by atoms with Crippen LogP contribution in [0.3, 0.4) is 0 Å². The summed E-state index contributed by atoms with van der Waals surface area (Å²) in [6.07, 6.45) is 0.678. The summed E-state index contributed by atoms with van der Waals surface area (Å²) in [4.78, 5) is 18.6. The molecule has 5 rings (SSSR count). The van der Waals surface area contributed by atoms with Crippen molar-refractivity contribution in [2.45, 2.75) is 30.6 Å². The Labute approximate surface area is 140 Å². The number of ether oxygens (including phenoxy) is 1. The van der Waals surface area contributed by atoms with Gasteiger partial charge in [0.2, 0.25) is 0 Å². The zero-order valence-electron chi connectivity index (χ0n) is 13.2. The number of hydrogen-bond donors (Lipinski definition) is 0. The summed E-state index contributed by atoms with van der Waals surface area (Å²) in [6.45, 7) is 0.698. The largest absolute Gasteiger partial charge is 0.350 e. The van der Waals surface area contributed by atoms with E-state index < -0.39 is 0 Å². The van der Waals surface area contributed by atoms with Gasteiger partial charge < -0.3 is 4.74 Å². The van der Waals surface area contributed by atoms with Gasteiger partial charge >= 0.3 is 0 Å². The first kappa shape index (κ1) is 14.2. The van der Waals surface area contributed by atoms with E-state index in [0.29, 0.717) is 12.5 Å². The van der Waals surface area contributed by atoms with E-state index in [2.05, 4.69) is 24.3 Å². The van der Waals surface area contributed by atoms with Crippen molar-refractivity contribution < 1.29 is 14.4 Å². The normalized spacial score (nSPS) is 34.4. The van der Waals surface area contributed by atoms with Crippen molar-refractivity contribution in [2.24, 2.45) is 5.92 Å². The maximum atomic E-state index is 12.7. The monoisotopic (exact) mass is 321 g/mol. The smallest absolute Gasteiger partial charge is 0.256 e. The van der Waals surface area contributed by atoms with Crippen molar-refractivity contribution in [3.63, 3.8) is 0 Å². The van der Waals surface area contributed by atoms with Crippen molar-refractivity contribution in [3.8, 4) is 0 Å². The molecule has 4 heteroatoms. The van der Waals surface area contributed by atoms with Crippen molar-refractivity contribution in [1.29, 1.82) is 0 Å². The summed E-state index contributed by atoms with van der Waals surface area (Å²) in [7, 11) is 0. The predicted octanol–water partition coefficient (Wildman–Crippen LogP) is 3.07. The Bertz CT molecular complexity index is 748. The lowest BCUT2D eigenvalue weighted by Crippen LogP contribution is -2.67. The van der Waals surface area contributed by atoms with E-state index in [0.717, 1.165) is 12.0 Å². The van der Waals surface area contributed by atoms with Gasteiger partial charge in [-0.05, 0) is 17.5 Å². The Morgan fingerprint density at radius 3 is 2.29 bits per heavy atom. The fourth-order valence-electron chi connectivity index (χ4n) is 4.48. The highest BCUT2D eigenvalue weighted by molar-refractivity contribution is 5.90. The van der Waals surface area contributed by atoms with Crippen LogP contribution in [0.1, 0.15) is 29.4 Å². The second-order valence-electron chi connectivity index (χ2n) is 6.78. The molecule has 0 bridgehead atoms. The number of rotatable bonds is 2. The SMILES string of the molecule is O=C1C(c2ccccc2)C2C(c3ccccc3)C3CCOC3ON12. The molecule has 0 aromatic heterocycles. The molecule has 0 saturated carbocycles. The molecule has 0 aliphatic carbocycles. The van der Waals surface area contributed by atoms with Crippen molar-refractivity contribution in [1.82, 2.24) is 5.06 Å². The topological polar surface area (TPSA) is 38.8 Å². The van der Waals surface area contributed by atoms with Gasteiger partial charge in [-0.1, -0.05) is 60.7 Å². The third-order valence-electron chi connectivity index (χ3n) is 5.57. The molecule has 0 radical (unpaired) electrons. The van der Waals surface area contributed by atoms with Crippen molar-refractivity contribution in [3.05, 3.63) is 71.8 Å². The van der Waals surface area contributed by atoms with Crippen molar-refractivity contribution >= 4 is 5.91 Å². The van der Waals surface area contributed by atoms with Gasteiger partial charge in [0, 0.05) is 11.8 Å². The first-order chi connectivity index (χ1) is 11.8. The van der Waals surface area contributed by atoms with E-state index >= 15 is 0 Å². The molecule has 0 N–H and O–H groups in total. The summed E-state index contributed by atoms with van der Waals surface area (Å²) in [6, 6.07) is 20.6. The summed E-state index contributed by atoms with van der Waals surface area (Å²) < 4.78 is 5.73. The summed E-state index contributed by atoms with van der Waals surface area (Å²) in [5.41, 5.74) is 2.34. The molecule has 5 unspecified atom stereocenters. The number of benzene rings is 2. The summed E-state index contributed by atoms with van der Waals surface area (Å²) >= 11 is 0. The minimum absolute atomic E-state index is 0.0427. The number of carbonyl (C=O) groups is 1. The van der Waals surface area contributed by atoms with E-state index in [1.54, 1.807) is 5.06 Å². The number of amides is 1. The Morgan fingerprint density at radius 1 is 0.917 bits per heavy atom. The molecule has 122 valence electrons. The van der Waals surface area contributed by atoms with Crippen LogP contribution in [-0.2, 0) is 14.4 Å². The summed E-state index contributed by atoms with van der Waals surface area (Å²) in [5.74, 6) is 0.461. The lowest BCUT2D eigenvalue weighted by atomic mass is 9.68. The minimum Gasteiger partial charge on any atom is -0.350 e. The fraction of sp³-hybridized carbons (Fsp3) is 0.350. The highest BCUT2D eigenvalue weighted by Gasteiger charge is 2.61. The Hall–Kier alpha value is -2.17. The van der Waals surface area contributed by atoms with Crippen LogP contribution in [0, 0.1) is 5.92 Å². The zero-order valence-corrected chi connectivity index (χ0v) is 13.2. The van der Waals surface area contributed by atoms with Gasteiger partial charge in [0.1, 0.15) is 0 Å². The van der Waals surface area contributed by atoms with E-state index in [1.807, 2.05) is 36.4 Å². The zero-order chi connectivity index (χ0) is 16.1. The van der Waals surface area contributed by atoms with Crippen LogP contribution in [0.5, 0.6) is 0 Å². The number of β-lactam (4-membered cyclic amide) rings is 1. The second-order valence-corrected chi connectivity index (χ2v) is 6.78. The quantitative estimate of drug-likeness (QED) is 0.798. The van der Waals surface area contributed by atoms with Crippen LogP contribution >= 0.6 is 0 Å². The molecule has 3 aliphatic heterocycles. The van der Waals surface area contributed by atoms with Crippen LogP contribution < -0.4 is 0 Å². The highest BCUT2D eigenvalue weighted by Crippen LogP contribution is 2.53. The molecule has 2 aromatic rings. The average Bonchev–Trinajstić information content (AvgIpc) is 3.11. The molecule has 3 heterocycles. The molecule has 5 atom stereocenters. The van der Waals surface area contributed by atoms with Gasteiger partial charge in [-0.25, -0.2) is 9.90 Å². The van der Waals surface area contributed by atoms with Crippen LogP contribution in [0.4, 0.5) is 0 Å². The molecular formula is C20H19NO3. The molecule has 2 aromatic carbocycles. The molecule has 1 amide bonds. The van der Waals surface area contributed by atoms with Crippen LogP contribution in [0.15, 0.2) is 60.7 Å². The maximum Gasteiger partial charge on any atom is 0.256 e. The molecule has 3 fully saturated rings. The van der Waals surface area contributed by atoms with Gasteiger partial charge in [-0.15, -0.1) is 0 Å². The van der Waals surface area contributed by atoms with E-state index in [4.69, 9.17) is 9.57 Å². The molecule has 0 spiro atoms. The molecule has 3 saturated heterocycles. The maximum absolute atomic E-state index is 12.7. The lowest BCUT2D eigenvalue weighted by molar-refractivity contribution is -0.334. The number of hydroxylamine groups is 2. The second kappa shape index (κ2) is 5.43. The van der Waals surface area contributed by atoms with Crippen LogP contribution in [0.25, 0.3) is 0 Å². The van der Waals surface area contributed by atoms with E-state index in [9.17, 15) is 4.79 Å². The van der Waals surface area contributed by atoms with Gasteiger partial charge in [0.05, 0.1) is 18.6 Å². The molecule has 24 heavy (non-hydrogen) atoms. The standard InChI is InChI=1S/C20H19NO3/c22-19-17(14-9-5-2-6-10-14)18-16(13-7-3-1-4-8-13)15-11-12-23-20(15)24-21(18)19/h1-10,15-18,20H,11-12H2. The minimum atomic E-state index is -0.299. The molecular weight excluding hydrogens is 302 g/mol. The Morgan fingerprint density at radius 2 is 1.58 bits per heavy atom. The Balaban J connectivity index is 1.57. The van der Waals surface area contributed by atoms with Crippen LogP contribution in [0.2, 0.25) is 0 Å². The van der Waals surface area contributed by atoms with Gasteiger partial charge in [0.25, 0.3) is 5.91 Å². The highest BCUT2D eigenvalue weighted by atomic mass is 16.8. The van der Waals surface area contributed by atoms with Crippen molar-refractivity contribution in [2.75, 3.05) is 6.61 Å². The van der Waals surface area contributed by atoms with E-state index in [1.165, 1.54) is 5.56 Å². The lowest BCUT2D eigenvalue weighted by Gasteiger charge is -2.55. The van der Waals surface area contributed by atoms with E-state index in [-0.39, 0.29) is 30.1 Å². The third kappa shape index (κ3) is 1.96. The first-order valence-electron chi connectivity index (χ1n) is 8.56. The van der Waals surface area contributed by atoms with Gasteiger partial charge in [-0.2, -0.15) is 0 Å². The first-order valence-corrected chi connectivity index (χ1v) is 8.56. The Kier molecular flexibility index (Phi) is 3.21. The fourth-order valence-corrected chi connectivity index (χ4v) is 4.48.